The summed E-state index contributed by atoms with van der Waals surface area (Å²) in [6.07, 6.45) is 1.54. The molecule has 0 aliphatic carbocycles. The highest BCUT2D eigenvalue weighted by atomic mass is 127. The summed E-state index contributed by atoms with van der Waals surface area (Å²) in [7, 11) is -3.34. The Hall–Kier alpha value is -2.79. The molecule has 0 saturated heterocycles. The Morgan fingerprint density at radius 3 is 2.23 bits per heavy atom. The van der Waals surface area contributed by atoms with Crippen LogP contribution in [0.2, 0.25) is 0 Å². The summed E-state index contributed by atoms with van der Waals surface area (Å²) in [6, 6.07) is 16.2. The van der Waals surface area contributed by atoms with E-state index in [2.05, 4.69) is 37.7 Å². The van der Waals surface area contributed by atoms with Crippen LogP contribution in [0.5, 0.6) is 0 Å². The molecule has 0 spiro atoms. The zero-order valence-electron chi connectivity index (χ0n) is 16.8. The first-order valence-electron chi connectivity index (χ1n) is 9.45. The second kappa shape index (κ2) is 8.39. The molecule has 7 nitrogen and oxygen atoms in total. The van der Waals surface area contributed by atoms with Crippen LogP contribution in [-0.4, -0.2) is 28.8 Å². The van der Waals surface area contributed by atoms with Gasteiger partial charge in [-0.05, 0) is 60.7 Å². The predicted molar refractivity (Wildman–Crippen MR) is 128 cm³/mol. The van der Waals surface area contributed by atoms with Crippen molar-refractivity contribution < 1.29 is 12.9 Å². The Morgan fingerprint density at radius 2 is 1.58 bits per heavy atom. The molecule has 2 aromatic heterocycles. The molecular weight excluding hydrogens is 527 g/mol. The number of anilines is 1. The van der Waals surface area contributed by atoms with Gasteiger partial charge in [-0.15, -0.1) is 0 Å². The van der Waals surface area contributed by atoms with Crippen LogP contribution in [0.1, 0.15) is 13.8 Å². The van der Waals surface area contributed by atoms with E-state index in [0.717, 1.165) is 9.13 Å². The second-order valence-electron chi connectivity index (χ2n) is 7.19. The zero-order chi connectivity index (χ0) is 22.2. The normalized spacial score (nSPS) is 11.7. The van der Waals surface area contributed by atoms with E-state index < -0.39 is 15.1 Å². The van der Waals surface area contributed by atoms with Crippen LogP contribution in [0.3, 0.4) is 0 Å². The number of benzene rings is 2. The Kier molecular flexibility index (Phi) is 5.80. The van der Waals surface area contributed by atoms with Gasteiger partial charge in [0, 0.05) is 20.8 Å². The van der Waals surface area contributed by atoms with E-state index in [4.69, 9.17) is 10.3 Å². The topological polar surface area (TPSA) is 112 Å². The van der Waals surface area contributed by atoms with Gasteiger partial charge in [0.2, 0.25) is 0 Å². The van der Waals surface area contributed by atoms with Gasteiger partial charge in [0.25, 0.3) is 0 Å². The van der Waals surface area contributed by atoms with Crippen molar-refractivity contribution in [1.82, 2.24) is 15.1 Å². The van der Waals surface area contributed by atoms with Gasteiger partial charge in [0.1, 0.15) is 5.69 Å². The maximum atomic E-state index is 12.3. The van der Waals surface area contributed by atoms with E-state index in [0.29, 0.717) is 28.4 Å². The number of aromatic nitrogens is 3. The Morgan fingerprint density at radius 1 is 0.968 bits per heavy atom. The van der Waals surface area contributed by atoms with E-state index in [9.17, 15) is 8.42 Å². The standard InChI is InChI=1S/C22H19IN4O3S/c1-13(2)31(28,29)17-9-5-15(6-10-17)19-12-25-22(24)21(26-19)20-11-18(27-30-20)14-3-7-16(23)8-4-14/h3-13H,1-2H3,(H2,24,25). The summed E-state index contributed by atoms with van der Waals surface area (Å²) in [5.41, 5.74) is 9.26. The maximum absolute atomic E-state index is 12.3. The average Bonchev–Trinajstić information content (AvgIpc) is 3.24. The molecule has 0 aliphatic heterocycles. The van der Waals surface area contributed by atoms with Gasteiger partial charge in [0.05, 0.1) is 22.0 Å². The van der Waals surface area contributed by atoms with E-state index in [1.807, 2.05) is 24.3 Å². The van der Waals surface area contributed by atoms with Crippen LogP contribution in [0.4, 0.5) is 5.82 Å². The molecule has 0 aliphatic rings. The smallest absolute Gasteiger partial charge is 0.189 e. The molecule has 0 fully saturated rings. The van der Waals surface area contributed by atoms with Gasteiger partial charge >= 0.3 is 0 Å². The van der Waals surface area contributed by atoms with Crippen LogP contribution in [0.25, 0.3) is 34.0 Å². The van der Waals surface area contributed by atoms with Crippen molar-refractivity contribution in [2.24, 2.45) is 0 Å². The van der Waals surface area contributed by atoms with Crippen LogP contribution >= 0.6 is 22.6 Å². The number of hydrogen-bond donors (Lipinski definition) is 1. The zero-order valence-corrected chi connectivity index (χ0v) is 19.8. The molecule has 0 atom stereocenters. The third-order valence-corrected chi connectivity index (χ3v) is 7.67. The van der Waals surface area contributed by atoms with Crippen molar-refractivity contribution in [2.45, 2.75) is 24.0 Å². The lowest BCUT2D eigenvalue weighted by molar-refractivity contribution is 0.434. The number of nitrogen functional groups attached to an aromatic ring is 1. The molecular formula is C22H19IN4O3S. The molecule has 0 amide bonds. The fraction of sp³-hybridized carbons (Fsp3) is 0.136. The lowest BCUT2D eigenvalue weighted by Crippen LogP contribution is -2.13. The average molecular weight is 546 g/mol. The van der Waals surface area contributed by atoms with Crippen molar-refractivity contribution in [1.29, 1.82) is 0 Å². The van der Waals surface area contributed by atoms with Crippen LogP contribution in [0.15, 0.2) is 70.2 Å². The van der Waals surface area contributed by atoms with Crippen molar-refractivity contribution in [3.05, 3.63) is 64.4 Å². The molecule has 0 bridgehead atoms. The first kappa shape index (κ1) is 21.4. The fourth-order valence-electron chi connectivity index (χ4n) is 2.95. The van der Waals surface area contributed by atoms with Crippen molar-refractivity contribution in [3.63, 3.8) is 0 Å². The summed E-state index contributed by atoms with van der Waals surface area (Å²) >= 11 is 2.24. The van der Waals surface area contributed by atoms with Gasteiger partial charge < -0.3 is 10.3 Å². The van der Waals surface area contributed by atoms with E-state index in [-0.39, 0.29) is 10.7 Å². The molecule has 2 heterocycles. The first-order chi connectivity index (χ1) is 14.8. The van der Waals surface area contributed by atoms with E-state index >= 15 is 0 Å². The Bertz CT molecular complexity index is 1330. The molecule has 0 radical (unpaired) electrons. The van der Waals surface area contributed by atoms with E-state index in [1.165, 1.54) is 0 Å². The molecule has 31 heavy (non-hydrogen) atoms. The van der Waals surface area contributed by atoms with Crippen LogP contribution < -0.4 is 5.73 Å². The van der Waals surface area contributed by atoms with Crippen molar-refractivity contribution in [3.8, 4) is 34.0 Å². The molecule has 0 saturated carbocycles. The minimum absolute atomic E-state index is 0.216. The van der Waals surface area contributed by atoms with Gasteiger partial charge in [-0.1, -0.05) is 29.4 Å². The Labute approximate surface area is 193 Å². The lowest BCUT2D eigenvalue weighted by atomic mass is 10.1. The lowest BCUT2D eigenvalue weighted by Gasteiger charge is -2.09. The summed E-state index contributed by atoms with van der Waals surface area (Å²) < 4.78 is 31.3. The third-order valence-electron chi connectivity index (χ3n) is 4.78. The summed E-state index contributed by atoms with van der Waals surface area (Å²) in [5, 5.41) is 3.63. The van der Waals surface area contributed by atoms with Crippen molar-refractivity contribution in [2.75, 3.05) is 5.73 Å². The van der Waals surface area contributed by atoms with Gasteiger partial charge in [-0.3, -0.25) is 0 Å². The van der Waals surface area contributed by atoms with Gasteiger partial charge in [0.15, 0.2) is 27.1 Å². The molecule has 4 aromatic rings. The number of hydrogen-bond acceptors (Lipinski definition) is 7. The molecule has 9 heteroatoms. The summed E-state index contributed by atoms with van der Waals surface area (Å²) in [4.78, 5) is 9.09. The molecule has 2 N–H and O–H groups in total. The highest BCUT2D eigenvalue weighted by molar-refractivity contribution is 14.1. The number of nitrogens with two attached hydrogens (primary N) is 1. The molecule has 158 valence electrons. The minimum Gasteiger partial charge on any atom is -0.382 e. The third kappa shape index (κ3) is 4.33. The van der Waals surface area contributed by atoms with Crippen LogP contribution in [0, 0.1) is 3.57 Å². The van der Waals surface area contributed by atoms with Gasteiger partial charge in [-0.25, -0.2) is 18.4 Å². The largest absolute Gasteiger partial charge is 0.382 e. The predicted octanol–water partition coefficient (Wildman–Crippen LogP) is 4.83. The number of sulfone groups is 1. The molecule has 4 rings (SSSR count). The minimum atomic E-state index is -3.34. The van der Waals surface area contributed by atoms with Gasteiger partial charge in [-0.2, -0.15) is 0 Å². The SMILES string of the molecule is CC(C)S(=O)(=O)c1ccc(-c2cnc(N)c(-c3cc(-c4ccc(I)cc4)no3)n2)cc1. The number of nitrogens with zero attached hydrogens (tertiary/aromatic N) is 3. The van der Waals surface area contributed by atoms with E-state index in [1.54, 1.807) is 50.4 Å². The fourth-order valence-corrected chi connectivity index (χ4v) is 4.37. The van der Waals surface area contributed by atoms with Crippen molar-refractivity contribution >= 4 is 38.2 Å². The maximum Gasteiger partial charge on any atom is 0.189 e. The second-order valence-corrected chi connectivity index (χ2v) is 10.9. The number of halogens is 1. The quantitative estimate of drug-likeness (QED) is 0.357. The van der Waals surface area contributed by atoms with Crippen LogP contribution in [-0.2, 0) is 9.84 Å². The first-order valence-corrected chi connectivity index (χ1v) is 12.1. The molecule has 2 aromatic carbocycles. The summed E-state index contributed by atoms with van der Waals surface area (Å²) in [6.45, 7) is 3.31. The highest BCUT2D eigenvalue weighted by Gasteiger charge is 2.19. The Balaban J connectivity index is 1.68. The molecule has 0 unspecified atom stereocenters. The monoisotopic (exact) mass is 546 g/mol. The highest BCUT2D eigenvalue weighted by Crippen LogP contribution is 2.30. The summed E-state index contributed by atoms with van der Waals surface area (Å²) in [5.74, 6) is 0.618. The number of rotatable bonds is 5.